The third-order valence-electron chi connectivity index (χ3n) is 3.30. The van der Waals surface area contributed by atoms with Crippen LogP contribution in [0.4, 0.5) is 11.5 Å². The average Bonchev–Trinajstić information content (AvgIpc) is 2.46. The van der Waals surface area contributed by atoms with Gasteiger partial charge in [0.2, 0.25) is 0 Å². The SMILES string of the molecule is CC(C)NC(=O)c1cnc(Nc2ccccc2C(C)(C)C)cn1. The molecule has 0 aliphatic carbocycles. The van der Waals surface area contributed by atoms with Gasteiger partial charge in [0.25, 0.3) is 5.91 Å². The summed E-state index contributed by atoms with van der Waals surface area (Å²) in [4.78, 5) is 20.3. The molecular formula is C18H24N4O. The van der Waals surface area contributed by atoms with E-state index in [0.717, 1.165) is 5.69 Å². The van der Waals surface area contributed by atoms with E-state index in [4.69, 9.17) is 0 Å². The molecule has 1 heterocycles. The predicted molar refractivity (Wildman–Crippen MR) is 93.1 cm³/mol. The monoisotopic (exact) mass is 312 g/mol. The molecule has 0 atom stereocenters. The van der Waals surface area contributed by atoms with Crippen molar-refractivity contribution >= 4 is 17.4 Å². The molecule has 5 nitrogen and oxygen atoms in total. The van der Waals surface area contributed by atoms with Crippen molar-refractivity contribution in [2.45, 2.75) is 46.1 Å². The summed E-state index contributed by atoms with van der Waals surface area (Å²) in [6.45, 7) is 10.3. The first-order valence-corrected chi connectivity index (χ1v) is 7.77. The first kappa shape index (κ1) is 16.9. The van der Waals surface area contributed by atoms with Gasteiger partial charge in [-0.2, -0.15) is 0 Å². The van der Waals surface area contributed by atoms with Crippen molar-refractivity contribution in [3.05, 3.63) is 47.9 Å². The summed E-state index contributed by atoms with van der Waals surface area (Å²) in [5, 5.41) is 6.08. The second-order valence-electron chi connectivity index (χ2n) is 6.84. The van der Waals surface area contributed by atoms with Gasteiger partial charge in [0.05, 0.1) is 12.4 Å². The minimum Gasteiger partial charge on any atom is -0.348 e. The Balaban J connectivity index is 2.18. The molecule has 5 heteroatoms. The molecule has 0 unspecified atom stereocenters. The minimum atomic E-state index is -0.214. The molecule has 2 N–H and O–H groups in total. The van der Waals surface area contributed by atoms with Crippen LogP contribution in [0, 0.1) is 0 Å². The number of para-hydroxylation sites is 1. The molecule has 1 amide bonds. The number of nitrogens with one attached hydrogen (secondary N) is 2. The van der Waals surface area contributed by atoms with Crippen LogP contribution in [0.5, 0.6) is 0 Å². The van der Waals surface area contributed by atoms with Gasteiger partial charge in [0.1, 0.15) is 11.5 Å². The van der Waals surface area contributed by atoms with Gasteiger partial charge in [-0.25, -0.2) is 9.97 Å². The molecule has 23 heavy (non-hydrogen) atoms. The Morgan fingerprint density at radius 3 is 2.35 bits per heavy atom. The Bertz CT molecular complexity index is 672. The number of nitrogens with zero attached hydrogens (tertiary/aromatic N) is 2. The van der Waals surface area contributed by atoms with Crippen LogP contribution in [0.3, 0.4) is 0 Å². The third kappa shape index (κ3) is 4.52. The summed E-state index contributed by atoms with van der Waals surface area (Å²) in [5.41, 5.74) is 2.53. The zero-order valence-electron chi connectivity index (χ0n) is 14.3. The van der Waals surface area contributed by atoms with Crippen LogP contribution in [0.1, 0.15) is 50.7 Å². The topological polar surface area (TPSA) is 66.9 Å². The quantitative estimate of drug-likeness (QED) is 0.904. The van der Waals surface area contributed by atoms with E-state index in [1.54, 1.807) is 6.20 Å². The molecular weight excluding hydrogens is 288 g/mol. The maximum atomic E-state index is 11.9. The van der Waals surface area contributed by atoms with E-state index in [1.165, 1.54) is 11.8 Å². The Hall–Kier alpha value is -2.43. The number of rotatable bonds is 4. The van der Waals surface area contributed by atoms with Crippen LogP contribution in [0.15, 0.2) is 36.7 Å². The average molecular weight is 312 g/mol. The van der Waals surface area contributed by atoms with E-state index >= 15 is 0 Å². The molecule has 0 aliphatic rings. The number of carbonyl (C=O) groups is 1. The molecule has 0 spiro atoms. The second kappa shape index (κ2) is 6.77. The Morgan fingerprint density at radius 2 is 1.78 bits per heavy atom. The van der Waals surface area contributed by atoms with Gasteiger partial charge in [0, 0.05) is 11.7 Å². The predicted octanol–water partition coefficient (Wildman–Crippen LogP) is 3.66. The van der Waals surface area contributed by atoms with Gasteiger partial charge in [-0.15, -0.1) is 0 Å². The number of carbonyl (C=O) groups excluding carboxylic acids is 1. The molecule has 0 saturated carbocycles. The van der Waals surface area contributed by atoms with Gasteiger partial charge >= 0.3 is 0 Å². The molecule has 0 aliphatic heterocycles. The van der Waals surface area contributed by atoms with E-state index in [9.17, 15) is 4.79 Å². The highest BCUT2D eigenvalue weighted by molar-refractivity contribution is 5.92. The van der Waals surface area contributed by atoms with Crippen LogP contribution in [-0.4, -0.2) is 21.9 Å². The Labute approximate surface area is 137 Å². The maximum Gasteiger partial charge on any atom is 0.271 e. The number of anilines is 2. The minimum absolute atomic E-state index is 0.0219. The van der Waals surface area contributed by atoms with Crippen molar-refractivity contribution in [1.82, 2.24) is 15.3 Å². The van der Waals surface area contributed by atoms with E-state index in [0.29, 0.717) is 11.5 Å². The summed E-state index contributed by atoms with van der Waals surface area (Å²) >= 11 is 0. The lowest BCUT2D eigenvalue weighted by molar-refractivity contribution is 0.0937. The normalized spacial score (nSPS) is 11.4. The van der Waals surface area contributed by atoms with E-state index < -0.39 is 0 Å². The summed E-state index contributed by atoms with van der Waals surface area (Å²) in [6.07, 6.45) is 3.06. The molecule has 2 rings (SSSR count). The highest BCUT2D eigenvalue weighted by Crippen LogP contribution is 2.30. The highest BCUT2D eigenvalue weighted by Gasteiger charge is 2.17. The van der Waals surface area contributed by atoms with Crippen molar-refractivity contribution < 1.29 is 4.79 Å². The lowest BCUT2D eigenvalue weighted by atomic mass is 9.86. The van der Waals surface area contributed by atoms with Crippen LogP contribution in [-0.2, 0) is 5.41 Å². The first-order chi connectivity index (χ1) is 10.8. The van der Waals surface area contributed by atoms with E-state index in [2.05, 4.69) is 47.4 Å². The Morgan fingerprint density at radius 1 is 1.09 bits per heavy atom. The number of hydrogen-bond donors (Lipinski definition) is 2. The summed E-state index contributed by atoms with van der Waals surface area (Å²) in [6, 6.07) is 8.19. The van der Waals surface area contributed by atoms with Gasteiger partial charge in [-0.3, -0.25) is 4.79 Å². The number of aromatic nitrogens is 2. The molecule has 0 bridgehead atoms. The summed E-state index contributed by atoms with van der Waals surface area (Å²) in [7, 11) is 0. The highest BCUT2D eigenvalue weighted by atomic mass is 16.1. The standard InChI is InChI=1S/C18H24N4O/c1-12(2)21-17(23)15-10-20-16(11-19-15)22-14-9-7-6-8-13(14)18(3,4)5/h6-12H,1-5H3,(H,20,22)(H,21,23). The lowest BCUT2D eigenvalue weighted by Crippen LogP contribution is -2.30. The van der Waals surface area contributed by atoms with Crippen LogP contribution in [0.25, 0.3) is 0 Å². The lowest BCUT2D eigenvalue weighted by Gasteiger charge is -2.23. The van der Waals surface area contributed by atoms with Crippen molar-refractivity contribution in [3.63, 3.8) is 0 Å². The number of hydrogen-bond acceptors (Lipinski definition) is 4. The largest absolute Gasteiger partial charge is 0.348 e. The van der Waals surface area contributed by atoms with Crippen molar-refractivity contribution in [1.29, 1.82) is 0 Å². The molecule has 1 aromatic carbocycles. The fourth-order valence-corrected chi connectivity index (χ4v) is 2.23. The smallest absolute Gasteiger partial charge is 0.271 e. The third-order valence-corrected chi connectivity index (χ3v) is 3.30. The zero-order chi connectivity index (χ0) is 17.0. The van der Waals surface area contributed by atoms with Gasteiger partial charge < -0.3 is 10.6 Å². The molecule has 0 radical (unpaired) electrons. The molecule has 1 aromatic heterocycles. The molecule has 0 fully saturated rings. The first-order valence-electron chi connectivity index (χ1n) is 7.77. The number of amides is 1. The van der Waals surface area contributed by atoms with Crippen LogP contribution >= 0.6 is 0 Å². The summed E-state index contributed by atoms with van der Waals surface area (Å²) in [5.74, 6) is 0.400. The van der Waals surface area contributed by atoms with Crippen LogP contribution < -0.4 is 10.6 Å². The fourth-order valence-electron chi connectivity index (χ4n) is 2.23. The fraction of sp³-hybridized carbons (Fsp3) is 0.389. The van der Waals surface area contributed by atoms with Crippen molar-refractivity contribution in [3.8, 4) is 0 Å². The molecule has 0 saturated heterocycles. The zero-order valence-corrected chi connectivity index (χ0v) is 14.3. The Kier molecular flexibility index (Phi) is 4.98. The number of benzene rings is 1. The van der Waals surface area contributed by atoms with Crippen LogP contribution in [0.2, 0.25) is 0 Å². The molecule has 2 aromatic rings. The second-order valence-corrected chi connectivity index (χ2v) is 6.84. The maximum absolute atomic E-state index is 11.9. The van der Waals surface area contributed by atoms with Gasteiger partial charge in [-0.1, -0.05) is 39.0 Å². The van der Waals surface area contributed by atoms with Gasteiger partial charge in [-0.05, 0) is 30.9 Å². The van der Waals surface area contributed by atoms with E-state index in [1.807, 2.05) is 32.0 Å². The molecule has 122 valence electrons. The van der Waals surface area contributed by atoms with E-state index in [-0.39, 0.29) is 17.4 Å². The van der Waals surface area contributed by atoms with Crippen molar-refractivity contribution in [2.75, 3.05) is 5.32 Å². The van der Waals surface area contributed by atoms with Crippen molar-refractivity contribution in [2.24, 2.45) is 0 Å². The van der Waals surface area contributed by atoms with Gasteiger partial charge in [0.15, 0.2) is 0 Å². The summed E-state index contributed by atoms with van der Waals surface area (Å²) < 4.78 is 0.